The summed E-state index contributed by atoms with van der Waals surface area (Å²) in [6.07, 6.45) is 2.48. The van der Waals surface area contributed by atoms with Crippen LogP contribution in [0, 0.1) is 5.82 Å². The first-order valence-electron chi connectivity index (χ1n) is 6.34. The van der Waals surface area contributed by atoms with E-state index in [1.54, 1.807) is 18.3 Å². The van der Waals surface area contributed by atoms with Gasteiger partial charge in [-0.1, -0.05) is 12.1 Å². The van der Waals surface area contributed by atoms with E-state index in [1.807, 2.05) is 19.2 Å². The maximum atomic E-state index is 14.0. The zero-order valence-electron chi connectivity index (χ0n) is 10.7. The largest absolute Gasteiger partial charge is 0.452 e. The predicted molar refractivity (Wildman–Crippen MR) is 71.1 cm³/mol. The van der Waals surface area contributed by atoms with Crippen molar-refractivity contribution in [2.24, 2.45) is 0 Å². The Bertz CT molecular complexity index is 600. The van der Waals surface area contributed by atoms with Crippen LogP contribution in [0.2, 0.25) is 0 Å². The molecule has 1 aromatic carbocycles. The standard InChI is InChI=1S/C15H15FN2O/c1-17-9-10-8-13-14(6-3-7-18-13)19-15-11(10)4-2-5-12(15)16/h2-7,10,17H,8-9H2,1H3/t10-/m1/s1. The summed E-state index contributed by atoms with van der Waals surface area (Å²) in [6, 6.07) is 8.71. The van der Waals surface area contributed by atoms with Gasteiger partial charge in [-0.05, 0) is 25.2 Å². The minimum Gasteiger partial charge on any atom is -0.452 e. The Morgan fingerprint density at radius 1 is 1.37 bits per heavy atom. The number of hydrogen-bond acceptors (Lipinski definition) is 3. The molecule has 3 nitrogen and oxygen atoms in total. The third kappa shape index (κ3) is 2.19. The molecule has 0 radical (unpaired) electrons. The Morgan fingerprint density at radius 3 is 3.11 bits per heavy atom. The summed E-state index contributed by atoms with van der Waals surface area (Å²) in [5.74, 6) is 0.809. The van der Waals surface area contributed by atoms with Crippen molar-refractivity contribution in [2.45, 2.75) is 12.3 Å². The fraction of sp³-hybridized carbons (Fsp3) is 0.267. The zero-order valence-corrected chi connectivity index (χ0v) is 10.7. The van der Waals surface area contributed by atoms with E-state index in [-0.39, 0.29) is 11.7 Å². The molecule has 2 heterocycles. The van der Waals surface area contributed by atoms with E-state index in [0.717, 1.165) is 24.2 Å². The number of aromatic nitrogens is 1. The van der Waals surface area contributed by atoms with E-state index in [4.69, 9.17) is 4.74 Å². The summed E-state index contributed by atoms with van der Waals surface area (Å²) < 4.78 is 19.7. The van der Waals surface area contributed by atoms with Gasteiger partial charge in [-0.25, -0.2) is 4.39 Å². The minimum atomic E-state index is -0.324. The number of nitrogens with one attached hydrogen (secondary N) is 1. The molecule has 0 unspecified atom stereocenters. The van der Waals surface area contributed by atoms with Gasteiger partial charge in [-0.15, -0.1) is 0 Å². The second-order valence-electron chi connectivity index (χ2n) is 4.67. The highest BCUT2D eigenvalue weighted by Crippen LogP contribution is 2.39. The summed E-state index contributed by atoms with van der Waals surface area (Å²) in [4.78, 5) is 4.35. The van der Waals surface area contributed by atoms with Crippen LogP contribution < -0.4 is 10.1 Å². The number of ether oxygens (including phenoxy) is 1. The first kappa shape index (κ1) is 12.1. The number of benzene rings is 1. The van der Waals surface area contributed by atoms with Crippen molar-refractivity contribution in [3.63, 3.8) is 0 Å². The average Bonchev–Trinajstić information content (AvgIpc) is 2.57. The average molecular weight is 258 g/mol. The Morgan fingerprint density at radius 2 is 2.26 bits per heavy atom. The molecule has 0 fully saturated rings. The SMILES string of the molecule is CNC[C@H]1Cc2ncccc2Oc2c(F)cccc21. The molecule has 0 bridgehead atoms. The number of pyridine rings is 1. The van der Waals surface area contributed by atoms with Gasteiger partial charge >= 0.3 is 0 Å². The van der Waals surface area contributed by atoms with Crippen LogP contribution in [0.5, 0.6) is 11.5 Å². The number of fused-ring (bicyclic) bond motifs is 2. The highest BCUT2D eigenvalue weighted by Gasteiger charge is 2.25. The van der Waals surface area contributed by atoms with Gasteiger partial charge in [-0.2, -0.15) is 0 Å². The fourth-order valence-corrected chi connectivity index (χ4v) is 2.51. The van der Waals surface area contributed by atoms with Gasteiger partial charge in [-0.3, -0.25) is 4.98 Å². The first-order chi connectivity index (χ1) is 9.29. The molecule has 1 atom stereocenters. The molecule has 1 aliphatic rings. The van der Waals surface area contributed by atoms with Crippen molar-refractivity contribution in [1.29, 1.82) is 0 Å². The topological polar surface area (TPSA) is 34.2 Å². The first-order valence-corrected chi connectivity index (χ1v) is 6.34. The molecule has 0 aliphatic carbocycles. The fourth-order valence-electron chi connectivity index (χ4n) is 2.51. The highest BCUT2D eigenvalue weighted by atomic mass is 19.1. The molecule has 0 amide bonds. The minimum absolute atomic E-state index is 0.159. The lowest BCUT2D eigenvalue weighted by Crippen LogP contribution is -2.19. The maximum absolute atomic E-state index is 14.0. The molecule has 1 aliphatic heterocycles. The monoisotopic (exact) mass is 258 g/mol. The number of hydrogen-bond donors (Lipinski definition) is 1. The molecule has 0 saturated heterocycles. The Labute approximate surface area is 111 Å². The van der Waals surface area contributed by atoms with Crippen molar-refractivity contribution >= 4 is 0 Å². The lowest BCUT2D eigenvalue weighted by molar-refractivity contribution is 0.436. The number of rotatable bonds is 2. The van der Waals surface area contributed by atoms with Gasteiger partial charge in [0.25, 0.3) is 0 Å². The van der Waals surface area contributed by atoms with Gasteiger partial charge in [0.2, 0.25) is 0 Å². The number of nitrogens with zero attached hydrogens (tertiary/aromatic N) is 1. The van der Waals surface area contributed by atoms with Crippen LogP contribution in [-0.2, 0) is 6.42 Å². The quantitative estimate of drug-likeness (QED) is 0.899. The summed E-state index contributed by atoms with van der Waals surface area (Å²) in [5.41, 5.74) is 1.77. The molecular formula is C15H15FN2O. The van der Waals surface area contributed by atoms with E-state index < -0.39 is 0 Å². The van der Waals surface area contributed by atoms with Gasteiger partial charge < -0.3 is 10.1 Å². The van der Waals surface area contributed by atoms with E-state index >= 15 is 0 Å². The number of likely N-dealkylation sites (N-methyl/N-ethyl adjacent to an activating group) is 1. The smallest absolute Gasteiger partial charge is 0.166 e. The summed E-state index contributed by atoms with van der Waals surface area (Å²) in [5, 5.41) is 3.15. The summed E-state index contributed by atoms with van der Waals surface area (Å²) >= 11 is 0. The van der Waals surface area contributed by atoms with Crippen LogP contribution >= 0.6 is 0 Å². The molecule has 4 heteroatoms. The van der Waals surface area contributed by atoms with Crippen LogP contribution in [0.4, 0.5) is 4.39 Å². The Balaban J connectivity index is 2.13. The molecule has 19 heavy (non-hydrogen) atoms. The zero-order chi connectivity index (χ0) is 13.2. The third-order valence-electron chi connectivity index (χ3n) is 3.39. The van der Waals surface area contributed by atoms with Gasteiger partial charge in [0, 0.05) is 30.6 Å². The van der Waals surface area contributed by atoms with Crippen LogP contribution in [0.1, 0.15) is 17.2 Å². The van der Waals surface area contributed by atoms with Crippen molar-refractivity contribution in [2.75, 3.05) is 13.6 Å². The van der Waals surface area contributed by atoms with E-state index in [0.29, 0.717) is 11.5 Å². The Hall–Kier alpha value is -1.94. The van der Waals surface area contributed by atoms with E-state index in [1.165, 1.54) is 6.07 Å². The molecule has 0 spiro atoms. The van der Waals surface area contributed by atoms with Gasteiger partial charge in [0.05, 0.1) is 5.69 Å². The maximum Gasteiger partial charge on any atom is 0.166 e. The Kier molecular flexibility index (Phi) is 3.17. The molecule has 0 saturated carbocycles. The summed E-state index contributed by atoms with van der Waals surface area (Å²) in [7, 11) is 1.89. The highest BCUT2D eigenvalue weighted by molar-refractivity contribution is 5.45. The molecular weight excluding hydrogens is 243 g/mol. The van der Waals surface area contributed by atoms with Crippen molar-refractivity contribution < 1.29 is 9.13 Å². The molecule has 3 rings (SSSR count). The van der Waals surface area contributed by atoms with Gasteiger partial charge in [0.15, 0.2) is 11.6 Å². The molecule has 1 aromatic heterocycles. The van der Waals surface area contributed by atoms with Gasteiger partial charge in [0.1, 0.15) is 5.75 Å². The van der Waals surface area contributed by atoms with Crippen molar-refractivity contribution in [3.05, 3.63) is 53.6 Å². The second-order valence-corrected chi connectivity index (χ2v) is 4.67. The second kappa shape index (κ2) is 4.97. The summed E-state index contributed by atoms with van der Waals surface area (Å²) in [6.45, 7) is 0.760. The lowest BCUT2D eigenvalue weighted by atomic mass is 9.93. The molecule has 2 aromatic rings. The molecule has 1 N–H and O–H groups in total. The normalized spacial score (nSPS) is 17.1. The van der Waals surface area contributed by atoms with Crippen molar-refractivity contribution in [3.8, 4) is 11.5 Å². The van der Waals surface area contributed by atoms with E-state index in [9.17, 15) is 4.39 Å². The number of para-hydroxylation sites is 1. The third-order valence-corrected chi connectivity index (χ3v) is 3.39. The van der Waals surface area contributed by atoms with Crippen molar-refractivity contribution in [1.82, 2.24) is 10.3 Å². The van der Waals surface area contributed by atoms with Crippen LogP contribution in [-0.4, -0.2) is 18.6 Å². The lowest BCUT2D eigenvalue weighted by Gasteiger charge is -2.16. The molecule has 98 valence electrons. The predicted octanol–water partition coefficient (Wildman–Crippen LogP) is 2.87. The number of halogens is 1. The van der Waals surface area contributed by atoms with E-state index in [2.05, 4.69) is 10.3 Å². The van der Waals surface area contributed by atoms with Crippen LogP contribution in [0.3, 0.4) is 0 Å². The van der Waals surface area contributed by atoms with Crippen LogP contribution in [0.15, 0.2) is 36.5 Å². The van der Waals surface area contributed by atoms with Crippen LogP contribution in [0.25, 0.3) is 0 Å².